The fraction of sp³-hybridized carbons (Fsp3) is 0.625. The maximum absolute atomic E-state index is 4.23. The predicted molar refractivity (Wildman–Crippen MR) is 48.1 cm³/mol. The van der Waals surface area contributed by atoms with Gasteiger partial charge >= 0.3 is 0 Å². The number of rotatable bonds is 3. The van der Waals surface area contributed by atoms with Crippen molar-refractivity contribution in [1.82, 2.24) is 15.2 Å². The zero-order valence-electron chi connectivity index (χ0n) is 7.76. The van der Waals surface area contributed by atoms with Gasteiger partial charge < -0.3 is 5.32 Å². The van der Waals surface area contributed by atoms with Crippen LogP contribution in [0.3, 0.4) is 0 Å². The van der Waals surface area contributed by atoms with Gasteiger partial charge in [0.25, 0.3) is 0 Å². The van der Waals surface area contributed by atoms with Crippen molar-refractivity contribution in [3.63, 3.8) is 0 Å². The maximum Gasteiger partial charge on any atom is 0.151 e. The van der Waals surface area contributed by atoms with Gasteiger partial charge in [-0.25, -0.2) is 4.98 Å². The molecule has 0 aliphatic carbocycles. The normalized spacial score (nSPS) is 9.92. The highest BCUT2D eigenvalue weighted by Gasteiger charge is 2.03. The summed E-state index contributed by atoms with van der Waals surface area (Å²) in [5.74, 6) is 1.56. The lowest BCUT2D eigenvalue weighted by molar-refractivity contribution is 0.799. The van der Waals surface area contributed by atoms with Crippen molar-refractivity contribution in [3.05, 3.63) is 11.5 Å². The lowest BCUT2D eigenvalue weighted by atomic mass is 10.2. The summed E-state index contributed by atoms with van der Waals surface area (Å²) in [6.45, 7) is 3.95. The third kappa shape index (κ3) is 1.90. The molecule has 0 fully saturated rings. The molecule has 0 bridgehead atoms. The second kappa shape index (κ2) is 3.99. The molecule has 4 heteroatoms. The lowest BCUT2D eigenvalue weighted by Gasteiger charge is -2.04. The van der Waals surface area contributed by atoms with Gasteiger partial charge in [0.05, 0.1) is 0 Å². The molecule has 0 radical (unpaired) electrons. The summed E-state index contributed by atoms with van der Waals surface area (Å²) in [5, 5.41) is 11.0. The van der Waals surface area contributed by atoms with Crippen molar-refractivity contribution in [2.45, 2.75) is 26.7 Å². The summed E-state index contributed by atoms with van der Waals surface area (Å²) in [5.41, 5.74) is 0.950. The molecule has 1 rings (SSSR count). The number of anilines is 1. The highest BCUT2D eigenvalue weighted by Crippen LogP contribution is 2.09. The molecule has 0 amide bonds. The molecule has 4 nitrogen and oxygen atoms in total. The van der Waals surface area contributed by atoms with Crippen LogP contribution in [0, 0.1) is 6.92 Å². The van der Waals surface area contributed by atoms with Crippen LogP contribution < -0.4 is 5.32 Å². The van der Waals surface area contributed by atoms with Crippen molar-refractivity contribution in [2.24, 2.45) is 0 Å². The van der Waals surface area contributed by atoms with Crippen LogP contribution in [-0.4, -0.2) is 22.2 Å². The van der Waals surface area contributed by atoms with Gasteiger partial charge in [-0.3, -0.25) is 0 Å². The summed E-state index contributed by atoms with van der Waals surface area (Å²) in [7, 11) is 1.85. The van der Waals surface area contributed by atoms with E-state index < -0.39 is 0 Å². The van der Waals surface area contributed by atoms with Crippen molar-refractivity contribution < 1.29 is 0 Å². The van der Waals surface area contributed by atoms with E-state index in [9.17, 15) is 0 Å². The summed E-state index contributed by atoms with van der Waals surface area (Å²) in [6.07, 6.45) is 1.99. The van der Waals surface area contributed by atoms with E-state index in [4.69, 9.17) is 0 Å². The van der Waals surface area contributed by atoms with Gasteiger partial charge in [0.1, 0.15) is 11.5 Å². The molecule has 0 aromatic carbocycles. The van der Waals surface area contributed by atoms with Crippen molar-refractivity contribution >= 4 is 5.82 Å². The van der Waals surface area contributed by atoms with E-state index in [1.807, 2.05) is 14.0 Å². The Hall–Kier alpha value is -1.19. The minimum atomic E-state index is 0.708. The molecule has 1 aromatic rings. The molecule has 1 heterocycles. The van der Waals surface area contributed by atoms with Crippen LogP contribution in [-0.2, 0) is 6.42 Å². The number of hydrogen-bond acceptors (Lipinski definition) is 4. The van der Waals surface area contributed by atoms with Crippen LogP contribution in [0.4, 0.5) is 5.82 Å². The Morgan fingerprint density at radius 2 is 2.08 bits per heavy atom. The average Bonchev–Trinajstić information content (AvgIpc) is 2.08. The van der Waals surface area contributed by atoms with Crippen molar-refractivity contribution in [2.75, 3.05) is 12.4 Å². The third-order valence-corrected chi connectivity index (χ3v) is 1.59. The van der Waals surface area contributed by atoms with Crippen LogP contribution in [0.25, 0.3) is 0 Å². The van der Waals surface area contributed by atoms with Crippen LogP contribution in [0.2, 0.25) is 0 Å². The van der Waals surface area contributed by atoms with E-state index >= 15 is 0 Å². The molecule has 0 saturated carbocycles. The topological polar surface area (TPSA) is 50.7 Å². The summed E-state index contributed by atoms with van der Waals surface area (Å²) >= 11 is 0. The van der Waals surface area contributed by atoms with E-state index in [2.05, 4.69) is 27.4 Å². The number of aryl methyl sites for hydroxylation is 2. The van der Waals surface area contributed by atoms with E-state index in [0.717, 1.165) is 24.4 Å². The van der Waals surface area contributed by atoms with Gasteiger partial charge in [0.2, 0.25) is 0 Å². The number of hydrogen-bond donors (Lipinski definition) is 1. The monoisotopic (exact) mass is 166 g/mol. The van der Waals surface area contributed by atoms with Crippen LogP contribution >= 0.6 is 0 Å². The Labute approximate surface area is 72.4 Å². The van der Waals surface area contributed by atoms with Crippen LogP contribution in [0.1, 0.15) is 24.9 Å². The Morgan fingerprint density at radius 3 is 2.67 bits per heavy atom. The van der Waals surface area contributed by atoms with Gasteiger partial charge in [-0.15, -0.1) is 10.2 Å². The van der Waals surface area contributed by atoms with E-state index in [1.54, 1.807) is 0 Å². The molecular formula is C8H14N4. The molecule has 1 N–H and O–H groups in total. The molecule has 0 aliphatic heterocycles. The molecule has 0 unspecified atom stereocenters. The van der Waals surface area contributed by atoms with Gasteiger partial charge in [-0.2, -0.15) is 0 Å². The Balaban J connectivity index is 2.94. The van der Waals surface area contributed by atoms with E-state index in [-0.39, 0.29) is 0 Å². The molecule has 0 aliphatic rings. The second-order valence-corrected chi connectivity index (χ2v) is 2.65. The predicted octanol–water partition coefficient (Wildman–Crippen LogP) is 1.17. The zero-order chi connectivity index (χ0) is 8.97. The SMILES string of the molecule is CCCc1nnc(C)nc1NC. The Kier molecular flexibility index (Phi) is 2.96. The minimum Gasteiger partial charge on any atom is -0.372 e. The van der Waals surface area contributed by atoms with Gasteiger partial charge in [-0.1, -0.05) is 13.3 Å². The first-order valence-corrected chi connectivity index (χ1v) is 4.16. The highest BCUT2D eigenvalue weighted by atomic mass is 15.2. The molecule has 0 saturated heterocycles. The van der Waals surface area contributed by atoms with Crippen molar-refractivity contribution in [1.29, 1.82) is 0 Å². The molecular weight excluding hydrogens is 152 g/mol. The quantitative estimate of drug-likeness (QED) is 0.732. The first kappa shape index (κ1) is 8.90. The van der Waals surface area contributed by atoms with E-state index in [1.165, 1.54) is 0 Å². The number of nitrogens with one attached hydrogen (secondary N) is 1. The molecule has 66 valence electrons. The highest BCUT2D eigenvalue weighted by molar-refractivity contribution is 5.38. The summed E-state index contributed by atoms with van der Waals surface area (Å²) < 4.78 is 0. The Bertz CT molecular complexity index is 259. The minimum absolute atomic E-state index is 0.708. The standard InChI is InChI=1S/C8H14N4/c1-4-5-7-8(9-3)10-6(2)11-12-7/h4-5H2,1-3H3,(H,9,10,11). The fourth-order valence-electron chi connectivity index (χ4n) is 1.03. The van der Waals surface area contributed by atoms with Crippen molar-refractivity contribution in [3.8, 4) is 0 Å². The summed E-state index contributed by atoms with van der Waals surface area (Å²) in [4.78, 5) is 4.23. The summed E-state index contributed by atoms with van der Waals surface area (Å²) in [6, 6.07) is 0. The average molecular weight is 166 g/mol. The van der Waals surface area contributed by atoms with Crippen LogP contribution in [0.15, 0.2) is 0 Å². The molecule has 12 heavy (non-hydrogen) atoms. The first-order valence-electron chi connectivity index (χ1n) is 4.16. The smallest absolute Gasteiger partial charge is 0.151 e. The first-order chi connectivity index (χ1) is 5.77. The van der Waals surface area contributed by atoms with Gasteiger partial charge in [0.15, 0.2) is 5.82 Å². The lowest BCUT2D eigenvalue weighted by Crippen LogP contribution is -2.05. The zero-order valence-corrected chi connectivity index (χ0v) is 7.76. The van der Waals surface area contributed by atoms with Gasteiger partial charge in [0, 0.05) is 7.05 Å². The molecule has 1 aromatic heterocycles. The largest absolute Gasteiger partial charge is 0.372 e. The van der Waals surface area contributed by atoms with Gasteiger partial charge in [-0.05, 0) is 13.3 Å². The van der Waals surface area contributed by atoms with E-state index in [0.29, 0.717) is 5.82 Å². The fourth-order valence-corrected chi connectivity index (χ4v) is 1.03. The number of nitrogens with zero attached hydrogens (tertiary/aromatic N) is 3. The molecule has 0 spiro atoms. The third-order valence-electron chi connectivity index (χ3n) is 1.59. The maximum atomic E-state index is 4.23. The Morgan fingerprint density at radius 1 is 1.33 bits per heavy atom. The number of aromatic nitrogens is 3. The van der Waals surface area contributed by atoms with Crippen LogP contribution in [0.5, 0.6) is 0 Å². The second-order valence-electron chi connectivity index (χ2n) is 2.65. The molecule has 0 atom stereocenters.